The van der Waals surface area contributed by atoms with Crippen LogP contribution in [0.25, 0.3) is 33.4 Å². The largest absolute Gasteiger partial charge is 0.372 e. The summed E-state index contributed by atoms with van der Waals surface area (Å²) in [4.78, 5) is 51.0. The number of piperidine rings is 1. The number of carbonyl (C=O) groups is 3. The van der Waals surface area contributed by atoms with Gasteiger partial charge in [-0.1, -0.05) is 50.2 Å². The summed E-state index contributed by atoms with van der Waals surface area (Å²) in [6.07, 6.45) is 4.55. The van der Waals surface area contributed by atoms with E-state index >= 15 is 0 Å². The van der Waals surface area contributed by atoms with Gasteiger partial charge in [0, 0.05) is 110 Å². The molecule has 1 unspecified atom stereocenters. The molecule has 64 heavy (non-hydrogen) atoms. The first-order chi connectivity index (χ1) is 30.8. The molecule has 9 rings (SSSR count). The van der Waals surface area contributed by atoms with Crippen LogP contribution in [0.4, 0.5) is 21.9 Å². The summed E-state index contributed by atoms with van der Waals surface area (Å²) in [5, 5.41) is 18.2. The molecule has 3 N–H and O–H groups in total. The Labute approximate surface area is 374 Å². The maximum Gasteiger partial charge on any atom is 0.328 e. The number of nitrogens with one attached hydrogen (secondary N) is 3. The van der Waals surface area contributed by atoms with Crippen molar-refractivity contribution in [2.24, 2.45) is 5.92 Å². The molecular weight excluding hydrogens is 805 g/mol. The van der Waals surface area contributed by atoms with Crippen LogP contribution in [-0.4, -0.2) is 95.4 Å². The number of aryl methyl sites for hydroxylation is 2. The summed E-state index contributed by atoms with van der Waals surface area (Å²) >= 11 is 0. The lowest BCUT2D eigenvalue weighted by Crippen LogP contribution is -2.49. The zero-order valence-corrected chi connectivity index (χ0v) is 37.7. The summed E-state index contributed by atoms with van der Waals surface area (Å²) in [6, 6.07) is 24.7. The van der Waals surface area contributed by atoms with E-state index in [0.29, 0.717) is 24.6 Å². The number of imide groups is 1. The topological polar surface area (TPSA) is 156 Å². The van der Waals surface area contributed by atoms with Crippen molar-refractivity contribution in [3.05, 3.63) is 107 Å². The van der Waals surface area contributed by atoms with E-state index in [0.717, 1.165) is 114 Å². The van der Waals surface area contributed by atoms with Crippen molar-refractivity contribution in [3.8, 4) is 22.4 Å². The number of amides is 4. The average Bonchev–Trinajstić information content (AvgIpc) is 3.96. The Morgan fingerprint density at radius 3 is 2.23 bits per heavy atom. The van der Waals surface area contributed by atoms with Gasteiger partial charge in [-0.25, -0.2) is 9.78 Å². The lowest BCUT2D eigenvalue weighted by molar-refractivity contribution is -0.120. The molecule has 3 fully saturated rings. The molecule has 14 heteroatoms. The molecule has 0 radical (unpaired) electrons. The Bertz CT molecular complexity index is 2680. The predicted octanol–water partition coefficient (Wildman–Crippen LogP) is 8.17. The van der Waals surface area contributed by atoms with Gasteiger partial charge in [-0.2, -0.15) is 5.10 Å². The fourth-order valence-corrected chi connectivity index (χ4v) is 9.40. The van der Waals surface area contributed by atoms with Crippen LogP contribution in [0.2, 0.25) is 0 Å². The highest BCUT2D eigenvalue weighted by Gasteiger charge is 2.28. The molecule has 3 aliphatic heterocycles. The number of H-pyrrole nitrogens is 1. The number of urea groups is 1. The minimum absolute atomic E-state index is 0.215. The average molecular weight is 863 g/mol. The second-order valence-electron chi connectivity index (χ2n) is 18.8. The number of aromatic amines is 1. The summed E-state index contributed by atoms with van der Waals surface area (Å²) < 4.78 is 5.43. The molecule has 332 valence electrons. The van der Waals surface area contributed by atoms with Gasteiger partial charge in [-0.3, -0.25) is 29.8 Å². The predicted molar refractivity (Wildman–Crippen MR) is 251 cm³/mol. The van der Waals surface area contributed by atoms with Gasteiger partial charge in [-0.15, -0.1) is 0 Å². The smallest absolute Gasteiger partial charge is 0.328 e. The van der Waals surface area contributed by atoms with Crippen LogP contribution in [-0.2, 0) is 10.2 Å². The SMILES string of the molecule is Cc1cc(-c2n[nH]c3ncc(-c4ccc(N5CCN(CC6CCN(c7ccc(N8CCC(=O)NC8=O)c(C)c7)CC6)CC5)cc4)cc23)ccc1C(C)NC(=O)c1cc(C(C)(C)C)on1. The first-order valence-electron chi connectivity index (χ1n) is 22.5. The van der Waals surface area contributed by atoms with Gasteiger partial charge in [-0.05, 0) is 104 Å². The molecule has 6 heterocycles. The first-order valence-corrected chi connectivity index (χ1v) is 22.5. The number of carbonyl (C=O) groups excluding carboxylic acids is 3. The summed E-state index contributed by atoms with van der Waals surface area (Å²) in [7, 11) is 0. The number of piperazine rings is 1. The maximum absolute atomic E-state index is 13.0. The first kappa shape index (κ1) is 42.7. The highest BCUT2D eigenvalue weighted by molar-refractivity contribution is 6.06. The second-order valence-corrected chi connectivity index (χ2v) is 18.8. The van der Waals surface area contributed by atoms with Gasteiger partial charge in [0.05, 0.1) is 6.04 Å². The van der Waals surface area contributed by atoms with Crippen molar-refractivity contribution in [1.29, 1.82) is 0 Å². The highest BCUT2D eigenvalue weighted by atomic mass is 16.5. The highest BCUT2D eigenvalue weighted by Crippen LogP contribution is 2.34. The monoisotopic (exact) mass is 862 g/mol. The van der Waals surface area contributed by atoms with E-state index in [2.05, 4.69) is 102 Å². The Morgan fingerprint density at radius 2 is 1.55 bits per heavy atom. The minimum atomic E-state index is -0.341. The number of benzene rings is 3. The quantitative estimate of drug-likeness (QED) is 0.123. The summed E-state index contributed by atoms with van der Waals surface area (Å²) in [5.74, 6) is 0.863. The Morgan fingerprint density at radius 1 is 0.828 bits per heavy atom. The zero-order valence-electron chi connectivity index (χ0n) is 37.7. The lowest BCUT2D eigenvalue weighted by Gasteiger charge is -2.40. The third kappa shape index (κ3) is 8.96. The number of hydrogen-bond donors (Lipinski definition) is 3. The van der Waals surface area contributed by atoms with Gasteiger partial charge in [0.25, 0.3) is 5.91 Å². The minimum Gasteiger partial charge on any atom is -0.372 e. The molecule has 4 amide bonds. The third-order valence-electron chi connectivity index (χ3n) is 13.2. The third-order valence-corrected chi connectivity index (χ3v) is 13.2. The molecule has 3 aromatic carbocycles. The molecule has 14 nitrogen and oxygen atoms in total. The van der Waals surface area contributed by atoms with Crippen molar-refractivity contribution in [1.82, 2.24) is 35.9 Å². The van der Waals surface area contributed by atoms with Crippen LogP contribution in [0.1, 0.15) is 85.9 Å². The van der Waals surface area contributed by atoms with Crippen LogP contribution in [0.15, 0.2) is 83.5 Å². The van der Waals surface area contributed by atoms with E-state index in [4.69, 9.17) is 9.51 Å². The van der Waals surface area contributed by atoms with Gasteiger partial charge >= 0.3 is 6.03 Å². The fourth-order valence-electron chi connectivity index (χ4n) is 9.40. The lowest BCUT2D eigenvalue weighted by atomic mass is 9.93. The normalized spacial score (nSPS) is 17.2. The van der Waals surface area contributed by atoms with Crippen molar-refractivity contribution in [3.63, 3.8) is 0 Å². The van der Waals surface area contributed by atoms with Crippen LogP contribution >= 0.6 is 0 Å². The van der Waals surface area contributed by atoms with Gasteiger partial charge < -0.3 is 19.6 Å². The van der Waals surface area contributed by atoms with E-state index in [-0.39, 0.29) is 35.0 Å². The molecule has 0 aliphatic carbocycles. The molecule has 1 atom stereocenters. The van der Waals surface area contributed by atoms with Gasteiger partial charge in [0.2, 0.25) is 5.91 Å². The molecule has 6 aromatic rings. The summed E-state index contributed by atoms with van der Waals surface area (Å²) in [6.45, 7) is 19.8. The number of rotatable bonds is 10. The van der Waals surface area contributed by atoms with Crippen LogP contribution in [0.5, 0.6) is 0 Å². The fraction of sp³-hybridized carbons (Fsp3) is 0.400. The zero-order chi connectivity index (χ0) is 44.7. The van der Waals surface area contributed by atoms with Crippen molar-refractivity contribution >= 4 is 45.9 Å². The van der Waals surface area contributed by atoms with E-state index in [1.807, 2.05) is 52.9 Å². The van der Waals surface area contributed by atoms with E-state index in [9.17, 15) is 14.4 Å². The van der Waals surface area contributed by atoms with Crippen LogP contribution in [0.3, 0.4) is 0 Å². The van der Waals surface area contributed by atoms with E-state index < -0.39 is 0 Å². The molecule has 3 aliphatic rings. The van der Waals surface area contributed by atoms with Crippen LogP contribution in [0, 0.1) is 19.8 Å². The number of pyridine rings is 1. The van der Waals surface area contributed by atoms with E-state index in [1.165, 1.54) is 11.4 Å². The standard InChI is InChI=1S/C50H58N10O4/c1-31-25-36(9-13-40(31)33(3)52-48(62)42-28-44(64-56-42)50(4,5)6)46-41-27-37(29-51-47(41)55-54-46)35-7-10-38(11-8-35)59-23-21-57(22-24-59)30-34-15-18-58(19-16-34)39-12-14-43(32(2)26-39)60-20-17-45(61)53-49(60)63/h7-14,25-29,33-34H,15-24,30H2,1-6H3,(H,52,62)(H,51,54,55)(H,53,61,63). The van der Waals surface area contributed by atoms with Crippen LogP contribution < -0.4 is 25.3 Å². The molecule has 0 saturated carbocycles. The molecule has 3 saturated heterocycles. The number of hydrogen-bond acceptors (Lipinski definition) is 10. The van der Waals surface area contributed by atoms with Crippen molar-refractivity contribution in [2.45, 2.75) is 72.3 Å². The molecule has 0 spiro atoms. The van der Waals surface area contributed by atoms with E-state index in [1.54, 1.807) is 11.0 Å². The van der Waals surface area contributed by atoms with Crippen molar-refractivity contribution < 1.29 is 18.9 Å². The second kappa shape index (κ2) is 17.6. The number of anilines is 3. The molecule has 0 bridgehead atoms. The molecule has 3 aromatic heterocycles. The Hall–Kier alpha value is -6.54. The number of nitrogens with zero attached hydrogens (tertiary/aromatic N) is 7. The Balaban J connectivity index is 0.770. The Kier molecular flexibility index (Phi) is 11.7. The number of aromatic nitrogens is 4. The van der Waals surface area contributed by atoms with Gasteiger partial charge in [0.15, 0.2) is 11.3 Å². The molecular formula is C50H58N10O4. The number of fused-ring (bicyclic) bond motifs is 1. The van der Waals surface area contributed by atoms with Gasteiger partial charge in [0.1, 0.15) is 11.5 Å². The maximum atomic E-state index is 13.0. The van der Waals surface area contributed by atoms with Crippen molar-refractivity contribution in [2.75, 3.05) is 67.1 Å². The summed E-state index contributed by atoms with van der Waals surface area (Å²) in [5.41, 5.74) is 11.1.